The molecule has 3 nitrogen and oxygen atoms in total. The van der Waals surface area contributed by atoms with Crippen LogP contribution in [0.4, 0.5) is 14.6 Å². The largest absolute Gasteiger partial charge is 0.362 e. The van der Waals surface area contributed by atoms with E-state index in [4.69, 9.17) is 5.26 Å². The maximum atomic E-state index is 13.7. The Labute approximate surface area is 109 Å². The fourth-order valence-electron chi connectivity index (χ4n) is 1.72. The van der Waals surface area contributed by atoms with Crippen molar-refractivity contribution in [3.05, 3.63) is 47.5 Å². The normalized spacial score (nSPS) is 10.1. The summed E-state index contributed by atoms with van der Waals surface area (Å²) in [7, 11) is 3.46. The first-order valence-corrected chi connectivity index (χ1v) is 5.57. The molecule has 0 aliphatic heterocycles. The van der Waals surface area contributed by atoms with Crippen LogP contribution in [-0.2, 0) is 0 Å². The van der Waals surface area contributed by atoms with Crippen LogP contribution in [-0.4, -0.2) is 19.1 Å². The second-order valence-corrected chi connectivity index (χ2v) is 4.20. The van der Waals surface area contributed by atoms with E-state index in [1.807, 2.05) is 6.07 Å². The maximum absolute atomic E-state index is 13.7. The molecule has 0 radical (unpaired) electrons. The molecule has 2 rings (SSSR count). The summed E-state index contributed by atoms with van der Waals surface area (Å²) in [6, 6.07) is 8.25. The monoisotopic (exact) mass is 259 g/mol. The zero-order valence-electron chi connectivity index (χ0n) is 10.5. The Morgan fingerprint density at radius 1 is 1.16 bits per heavy atom. The number of halogens is 2. The number of pyridine rings is 1. The molecule has 0 aliphatic carbocycles. The molecule has 1 aromatic carbocycles. The maximum Gasteiger partial charge on any atom is 0.146 e. The van der Waals surface area contributed by atoms with Gasteiger partial charge in [-0.05, 0) is 30.3 Å². The van der Waals surface area contributed by atoms with Gasteiger partial charge in [0.25, 0.3) is 0 Å². The summed E-state index contributed by atoms with van der Waals surface area (Å²) in [5.74, 6) is -0.666. The van der Waals surface area contributed by atoms with Crippen molar-refractivity contribution in [3.8, 4) is 17.3 Å². The number of aromatic nitrogens is 1. The summed E-state index contributed by atoms with van der Waals surface area (Å²) in [5.41, 5.74) is 0.748. The van der Waals surface area contributed by atoms with Crippen molar-refractivity contribution in [2.24, 2.45) is 0 Å². The molecule has 0 N–H and O–H groups in total. The third kappa shape index (κ3) is 2.52. The number of hydrogen-bond acceptors (Lipinski definition) is 3. The number of hydrogen-bond donors (Lipinski definition) is 0. The van der Waals surface area contributed by atoms with Gasteiger partial charge in [-0.15, -0.1) is 0 Å². The van der Waals surface area contributed by atoms with Crippen molar-refractivity contribution in [3.63, 3.8) is 0 Å². The first-order chi connectivity index (χ1) is 9.02. The minimum atomic E-state index is -0.552. The molecule has 0 saturated carbocycles. The molecular weight excluding hydrogens is 248 g/mol. The summed E-state index contributed by atoms with van der Waals surface area (Å²) >= 11 is 0. The van der Waals surface area contributed by atoms with E-state index in [1.54, 1.807) is 25.1 Å². The van der Waals surface area contributed by atoms with Gasteiger partial charge in [-0.2, -0.15) is 5.26 Å². The lowest BCUT2D eigenvalue weighted by atomic mass is 10.1. The lowest BCUT2D eigenvalue weighted by molar-refractivity contribution is 0.602. The smallest absolute Gasteiger partial charge is 0.146 e. The summed E-state index contributed by atoms with van der Waals surface area (Å²) in [6.07, 6.45) is 0. The Morgan fingerprint density at radius 2 is 1.89 bits per heavy atom. The number of nitrogens with zero attached hydrogens (tertiary/aromatic N) is 3. The topological polar surface area (TPSA) is 39.9 Å². The van der Waals surface area contributed by atoms with E-state index in [9.17, 15) is 8.78 Å². The molecule has 19 heavy (non-hydrogen) atoms. The summed E-state index contributed by atoms with van der Waals surface area (Å²) in [5, 5.41) is 8.98. The Hall–Kier alpha value is -2.48. The predicted molar refractivity (Wildman–Crippen MR) is 68.6 cm³/mol. The van der Waals surface area contributed by atoms with Crippen LogP contribution in [0.2, 0.25) is 0 Å². The van der Waals surface area contributed by atoms with Crippen LogP contribution in [0.15, 0.2) is 30.3 Å². The number of rotatable bonds is 2. The zero-order valence-corrected chi connectivity index (χ0v) is 10.5. The van der Waals surface area contributed by atoms with Crippen LogP contribution in [0.25, 0.3) is 11.3 Å². The Kier molecular flexibility index (Phi) is 3.43. The molecule has 5 heteroatoms. The minimum Gasteiger partial charge on any atom is -0.362 e. The first-order valence-electron chi connectivity index (χ1n) is 5.57. The molecule has 1 heterocycles. The molecule has 0 atom stereocenters. The highest BCUT2D eigenvalue weighted by Gasteiger charge is 2.12. The number of benzene rings is 1. The Bertz CT molecular complexity index is 660. The van der Waals surface area contributed by atoms with Gasteiger partial charge in [0, 0.05) is 19.7 Å². The second-order valence-electron chi connectivity index (χ2n) is 4.20. The lowest BCUT2D eigenvalue weighted by Crippen LogP contribution is -2.13. The van der Waals surface area contributed by atoms with Gasteiger partial charge < -0.3 is 4.90 Å². The first kappa shape index (κ1) is 13.0. The molecule has 96 valence electrons. The van der Waals surface area contributed by atoms with Crippen molar-refractivity contribution in [2.45, 2.75) is 0 Å². The molecule has 2 aromatic rings. The summed E-state index contributed by atoms with van der Waals surface area (Å²) in [6.45, 7) is 0. The van der Waals surface area contributed by atoms with Gasteiger partial charge in [-0.3, -0.25) is 0 Å². The minimum absolute atomic E-state index is 0.0765. The predicted octanol–water partition coefficient (Wildman–Crippen LogP) is 2.96. The molecule has 0 bridgehead atoms. The van der Waals surface area contributed by atoms with E-state index in [2.05, 4.69) is 4.98 Å². The van der Waals surface area contributed by atoms with Crippen molar-refractivity contribution in [2.75, 3.05) is 19.0 Å². The molecule has 0 fully saturated rings. The van der Waals surface area contributed by atoms with Gasteiger partial charge in [0.2, 0.25) is 0 Å². The van der Waals surface area contributed by atoms with Crippen LogP contribution < -0.4 is 4.90 Å². The van der Waals surface area contributed by atoms with Crippen molar-refractivity contribution in [1.82, 2.24) is 4.98 Å². The van der Waals surface area contributed by atoms with E-state index < -0.39 is 11.6 Å². The van der Waals surface area contributed by atoms with Crippen LogP contribution >= 0.6 is 0 Å². The van der Waals surface area contributed by atoms with Crippen LogP contribution in [0.3, 0.4) is 0 Å². The molecule has 1 aromatic heterocycles. The SMILES string of the molecule is CN(C)c1nc(-c2cc(F)ccc2F)ccc1C#N. The van der Waals surface area contributed by atoms with Crippen molar-refractivity contribution in [1.29, 1.82) is 5.26 Å². The summed E-state index contributed by atoms with van der Waals surface area (Å²) < 4.78 is 26.9. The molecule has 0 aliphatic rings. The van der Waals surface area contributed by atoms with Gasteiger partial charge in [-0.25, -0.2) is 13.8 Å². The molecule has 0 saturated heterocycles. The van der Waals surface area contributed by atoms with E-state index in [-0.39, 0.29) is 5.56 Å². The van der Waals surface area contributed by atoms with E-state index in [0.717, 1.165) is 18.2 Å². The standard InChI is InChI=1S/C14H11F2N3/c1-19(2)14-9(8-17)3-6-13(18-14)11-7-10(15)4-5-12(11)16/h3-7H,1-2H3. The molecular formula is C14H11F2N3. The zero-order chi connectivity index (χ0) is 14.0. The van der Waals surface area contributed by atoms with Gasteiger partial charge in [-0.1, -0.05) is 0 Å². The fourth-order valence-corrected chi connectivity index (χ4v) is 1.72. The average molecular weight is 259 g/mol. The Balaban J connectivity index is 2.61. The highest BCUT2D eigenvalue weighted by atomic mass is 19.1. The summed E-state index contributed by atoms with van der Waals surface area (Å²) in [4.78, 5) is 5.86. The van der Waals surface area contributed by atoms with Gasteiger partial charge in [0.15, 0.2) is 0 Å². The van der Waals surface area contributed by atoms with E-state index in [0.29, 0.717) is 17.1 Å². The van der Waals surface area contributed by atoms with E-state index in [1.165, 1.54) is 6.07 Å². The van der Waals surface area contributed by atoms with Crippen LogP contribution in [0.1, 0.15) is 5.56 Å². The molecule has 0 amide bonds. The van der Waals surface area contributed by atoms with Gasteiger partial charge in [0.05, 0.1) is 11.3 Å². The number of anilines is 1. The highest BCUT2D eigenvalue weighted by molar-refractivity contribution is 5.65. The lowest BCUT2D eigenvalue weighted by Gasteiger charge is -2.14. The number of nitriles is 1. The molecule has 0 unspecified atom stereocenters. The average Bonchev–Trinajstić information content (AvgIpc) is 2.40. The third-order valence-corrected chi connectivity index (χ3v) is 2.62. The Morgan fingerprint density at radius 3 is 2.53 bits per heavy atom. The quantitative estimate of drug-likeness (QED) is 0.832. The third-order valence-electron chi connectivity index (χ3n) is 2.62. The van der Waals surface area contributed by atoms with E-state index >= 15 is 0 Å². The fraction of sp³-hybridized carbons (Fsp3) is 0.143. The molecule has 0 spiro atoms. The van der Waals surface area contributed by atoms with Crippen molar-refractivity contribution >= 4 is 5.82 Å². The van der Waals surface area contributed by atoms with Crippen LogP contribution in [0.5, 0.6) is 0 Å². The van der Waals surface area contributed by atoms with Crippen molar-refractivity contribution < 1.29 is 8.78 Å². The van der Waals surface area contributed by atoms with Crippen LogP contribution in [0, 0.1) is 23.0 Å². The highest BCUT2D eigenvalue weighted by Crippen LogP contribution is 2.25. The second kappa shape index (κ2) is 5.02. The van der Waals surface area contributed by atoms with Gasteiger partial charge in [0.1, 0.15) is 23.5 Å². The van der Waals surface area contributed by atoms with Gasteiger partial charge >= 0.3 is 0 Å².